The molecule has 1 heterocycles. The predicted octanol–water partition coefficient (Wildman–Crippen LogP) is 8.04. The second-order valence-corrected chi connectivity index (χ2v) is 9.80. The summed E-state index contributed by atoms with van der Waals surface area (Å²) >= 11 is 19.3. The Labute approximate surface area is 234 Å². The van der Waals surface area contributed by atoms with E-state index in [9.17, 15) is 9.59 Å². The molecule has 4 aromatic rings. The van der Waals surface area contributed by atoms with E-state index in [1.54, 1.807) is 54.6 Å². The van der Waals surface area contributed by atoms with Gasteiger partial charge >= 0.3 is 5.97 Å². The van der Waals surface area contributed by atoms with Crippen LogP contribution >= 0.6 is 34.8 Å². The molecule has 1 amide bonds. The summed E-state index contributed by atoms with van der Waals surface area (Å²) in [6.07, 6.45) is 0. The number of carbonyl (C=O) groups is 2. The van der Waals surface area contributed by atoms with E-state index in [4.69, 9.17) is 48.8 Å². The highest BCUT2D eigenvalue weighted by atomic mass is 35.5. The molecule has 0 saturated carbocycles. The molecule has 1 N–H and O–H groups in total. The number of hydrogen-bond donors (Lipinski definition) is 1. The third kappa shape index (κ3) is 5.96. The average molecular weight is 574 g/mol. The highest BCUT2D eigenvalue weighted by Crippen LogP contribution is 2.39. The van der Waals surface area contributed by atoms with Crippen LogP contribution in [0.4, 0.5) is 5.69 Å². The van der Waals surface area contributed by atoms with Crippen LogP contribution in [-0.2, 0) is 11.3 Å². The summed E-state index contributed by atoms with van der Waals surface area (Å²) in [6, 6.07) is 16.4. The largest absolute Gasteiger partial charge is 0.489 e. The molecule has 0 aliphatic carbocycles. The van der Waals surface area contributed by atoms with Gasteiger partial charge in [-0.1, -0.05) is 65.9 Å². The zero-order valence-electron chi connectivity index (χ0n) is 20.7. The van der Waals surface area contributed by atoms with Crippen LogP contribution in [0, 0.1) is 0 Å². The number of hydrogen-bond acceptors (Lipinski definition) is 6. The molecule has 38 heavy (non-hydrogen) atoms. The zero-order valence-corrected chi connectivity index (χ0v) is 22.9. The molecular weight excluding hydrogens is 551 g/mol. The van der Waals surface area contributed by atoms with E-state index in [2.05, 4.69) is 10.5 Å². The van der Waals surface area contributed by atoms with Crippen LogP contribution < -0.4 is 10.1 Å². The van der Waals surface area contributed by atoms with E-state index in [0.29, 0.717) is 49.6 Å². The lowest BCUT2D eigenvalue weighted by molar-refractivity contribution is 0.0600. The molecule has 0 atom stereocenters. The van der Waals surface area contributed by atoms with E-state index >= 15 is 0 Å². The van der Waals surface area contributed by atoms with Crippen molar-refractivity contribution in [2.75, 3.05) is 12.4 Å². The van der Waals surface area contributed by atoms with Crippen molar-refractivity contribution in [3.05, 3.63) is 98.2 Å². The number of esters is 1. The maximum atomic E-state index is 12.8. The number of aromatic nitrogens is 1. The summed E-state index contributed by atoms with van der Waals surface area (Å²) < 4.78 is 16.4. The van der Waals surface area contributed by atoms with Gasteiger partial charge in [-0.15, -0.1) is 0 Å². The molecule has 196 valence electrons. The van der Waals surface area contributed by atoms with Gasteiger partial charge in [-0.2, -0.15) is 0 Å². The number of methoxy groups -OCH3 is 1. The Hall–Kier alpha value is -3.52. The van der Waals surface area contributed by atoms with Gasteiger partial charge in [0.1, 0.15) is 23.8 Å². The van der Waals surface area contributed by atoms with E-state index in [0.717, 1.165) is 0 Å². The first-order valence-corrected chi connectivity index (χ1v) is 12.7. The zero-order chi connectivity index (χ0) is 27.4. The molecule has 10 heteroatoms. The quantitative estimate of drug-likeness (QED) is 0.215. The first-order valence-electron chi connectivity index (χ1n) is 11.5. The molecular formula is C28H23Cl3N2O5. The molecule has 0 fully saturated rings. The standard InChI is InChI=1S/C28H23Cl3N2O5/c1-15(2)26-20(25(33-38-26)24-21(29)8-5-9-22(24)30)14-37-18-10-11-19(23(31)13-18)27(34)32-17-7-4-6-16(12-17)28(35)36-3/h4-13,15H,14H2,1-3H3,(H,32,34). The predicted molar refractivity (Wildman–Crippen MR) is 148 cm³/mol. The Morgan fingerprint density at radius 1 is 0.974 bits per heavy atom. The minimum Gasteiger partial charge on any atom is -0.489 e. The molecule has 0 radical (unpaired) electrons. The van der Waals surface area contributed by atoms with Crippen molar-refractivity contribution < 1.29 is 23.6 Å². The van der Waals surface area contributed by atoms with Gasteiger partial charge in [0, 0.05) is 17.2 Å². The van der Waals surface area contributed by atoms with Gasteiger partial charge in [0.2, 0.25) is 0 Å². The number of anilines is 1. The van der Waals surface area contributed by atoms with Crippen LogP contribution in [-0.4, -0.2) is 24.1 Å². The molecule has 0 aliphatic heterocycles. The Morgan fingerprint density at radius 2 is 1.68 bits per heavy atom. The number of nitrogens with one attached hydrogen (secondary N) is 1. The monoisotopic (exact) mass is 572 g/mol. The maximum absolute atomic E-state index is 12.8. The number of amides is 1. The van der Waals surface area contributed by atoms with Gasteiger partial charge in [0.05, 0.1) is 38.9 Å². The first-order chi connectivity index (χ1) is 18.2. The van der Waals surface area contributed by atoms with Gasteiger partial charge < -0.3 is 19.3 Å². The average Bonchev–Trinajstić information content (AvgIpc) is 3.30. The Bertz CT molecular complexity index is 1480. The van der Waals surface area contributed by atoms with E-state index in [-0.39, 0.29) is 23.1 Å². The van der Waals surface area contributed by atoms with E-state index in [1.807, 2.05) is 13.8 Å². The fourth-order valence-electron chi connectivity index (χ4n) is 3.80. The third-order valence-electron chi connectivity index (χ3n) is 5.65. The molecule has 3 aromatic carbocycles. The minimum absolute atomic E-state index is 0.0310. The van der Waals surface area contributed by atoms with Crippen molar-refractivity contribution in [1.29, 1.82) is 0 Å². The minimum atomic E-state index is -0.506. The van der Waals surface area contributed by atoms with Crippen molar-refractivity contribution in [2.45, 2.75) is 26.4 Å². The van der Waals surface area contributed by atoms with E-state index < -0.39 is 11.9 Å². The molecule has 0 unspecified atom stereocenters. The molecule has 7 nitrogen and oxygen atoms in total. The van der Waals surface area contributed by atoms with Crippen LogP contribution in [0.1, 0.15) is 51.8 Å². The summed E-state index contributed by atoms with van der Waals surface area (Å²) in [7, 11) is 1.29. The lowest BCUT2D eigenvalue weighted by Crippen LogP contribution is -2.13. The van der Waals surface area contributed by atoms with Crippen molar-refractivity contribution in [3.63, 3.8) is 0 Å². The van der Waals surface area contributed by atoms with Crippen LogP contribution in [0.5, 0.6) is 5.75 Å². The number of nitrogens with zero attached hydrogens (tertiary/aromatic N) is 1. The SMILES string of the molecule is COC(=O)c1cccc(NC(=O)c2ccc(OCc3c(-c4c(Cl)cccc4Cl)noc3C(C)C)cc2Cl)c1. The van der Waals surface area contributed by atoms with Gasteiger partial charge in [0.25, 0.3) is 5.91 Å². The Balaban J connectivity index is 1.53. The van der Waals surface area contributed by atoms with Gasteiger partial charge in [-0.3, -0.25) is 4.79 Å². The molecule has 0 saturated heterocycles. The topological polar surface area (TPSA) is 90.7 Å². The van der Waals surface area contributed by atoms with Crippen molar-refractivity contribution in [3.8, 4) is 17.0 Å². The fourth-order valence-corrected chi connectivity index (χ4v) is 4.63. The van der Waals surface area contributed by atoms with Gasteiger partial charge in [0.15, 0.2) is 0 Å². The maximum Gasteiger partial charge on any atom is 0.337 e. The summed E-state index contributed by atoms with van der Waals surface area (Å²) in [6.45, 7) is 4.07. The van der Waals surface area contributed by atoms with E-state index in [1.165, 1.54) is 13.2 Å². The summed E-state index contributed by atoms with van der Waals surface area (Å²) in [4.78, 5) is 24.6. The highest BCUT2D eigenvalue weighted by molar-refractivity contribution is 6.39. The summed E-state index contributed by atoms with van der Waals surface area (Å²) in [5.41, 5.74) is 2.74. The van der Waals surface area contributed by atoms with Crippen molar-refractivity contribution in [2.24, 2.45) is 0 Å². The van der Waals surface area contributed by atoms with Gasteiger partial charge in [-0.05, 0) is 48.5 Å². The molecule has 0 bridgehead atoms. The second-order valence-electron chi connectivity index (χ2n) is 8.58. The third-order valence-corrected chi connectivity index (χ3v) is 6.60. The lowest BCUT2D eigenvalue weighted by atomic mass is 10.0. The number of carbonyl (C=O) groups excluding carboxylic acids is 2. The number of halogens is 3. The van der Waals surface area contributed by atoms with Crippen LogP contribution in [0.3, 0.4) is 0 Å². The lowest BCUT2D eigenvalue weighted by Gasteiger charge is -2.12. The highest BCUT2D eigenvalue weighted by Gasteiger charge is 2.24. The van der Waals surface area contributed by atoms with Crippen LogP contribution in [0.2, 0.25) is 15.1 Å². The second kappa shape index (κ2) is 11.9. The number of rotatable bonds is 8. The van der Waals surface area contributed by atoms with Crippen molar-refractivity contribution in [1.82, 2.24) is 5.16 Å². The first kappa shape index (κ1) is 27.5. The Morgan fingerprint density at radius 3 is 2.34 bits per heavy atom. The van der Waals surface area contributed by atoms with Crippen LogP contribution in [0.15, 0.2) is 65.2 Å². The molecule has 0 aliphatic rings. The number of ether oxygens (including phenoxy) is 2. The normalized spacial score (nSPS) is 10.9. The number of benzene rings is 3. The smallest absolute Gasteiger partial charge is 0.337 e. The van der Waals surface area contributed by atoms with Crippen LogP contribution in [0.25, 0.3) is 11.3 Å². The molecule has 0 spiro atoms. The fraction of sp³-hybridized carbons (Fsp3) is 0.179. The molecule has 1 aromatic heterocycles. The van der Waals surface area contributed by atoms with Gasteiger partial charge in [-0.25, -0.2) is 4.79 Å². The summed E-state index contributed by atoms with van der Waals surface area (Å²) in [5.74, 6) is 0.163. The summed E-state index contributed by atoms with van der Waals surface area (Å²) in [5, 5.41) is 8.03. The molecule has 4 rings (SSSR count). The van der Waals surface area contributed by atoms with Crippen molar-refractivity contribution >= 4 is 52.4 Å². The Kier molecular flexibility index (Phi) is 8.62.